The largest absolute Gasteiger partial charge is 0.366 e. The highest BCUT2D eigenvalue weighted by Crippen LogP contribution is 2.30. The van der Waals surface area contributed by atoms with Gasteiger partial charge in [-0.2, -0.15) is 5.10 Å². The first-order valence-electron chi connectivity index (χ1n) is 3.39. The summed E-state index contributed by atoms with van der Waals surface area (Å²) in [5, 5.41) is 4.26. The lowest BCUT2D eigenvalue weighted by Gasteiger charge is -1.86. The molecule has 0 amide bonds. The normalized spacial score (nSPS) is 23.2. The average Bonchev–Trinajstić information content (AvgIpc) is 2.61. The third-order valence-corrected chi connectivity index (χ3v) is 1.69. The Bertz CT molecular complexity index is 250. The Morgan fingerprint density at radius 2 is 2.50 bits per heavy atom. The molecular formula is C7H10N2O. The van der Waals surface area contributed by atoms with E-state index in [9.17, 15) is 0 Å². The molecular weight excluding hydrogens is 128 g/mol. The first-order chi connectivity index (χ1) is 4.77. The summed E-state index contributed by atoms with van der Waals surface area (Å²) in [6.45, 7) is 2.90. The Morgan fingerprint density at radius 3 is 2.90 bits per heavy atom. The van der Waals surface area contributed by atoms with Gasteiger partial charge in [-0.05, 0) is 12.5 Å². The molecule has 1 atom stereocenters. The first-order valence-corrected chi connectivity index (χ1v) is 3.39. The van der Waals surface area contributed by atoms with Crippen molar-refractivity contribution in [2.45, 2.75) is 13.0 Å². The van der Waals surface area contributed by atoms with Gasteiger partial charge in [0.05, 0.1) is 12.3 Å². The van der Waals surface area contributed by atoms with Gasteiger partial charge < -0.3 is 4.74 Å². The lowest BCUT2D eigenvalue weighted by Crippen LogP contribution is -1.89. The van der Waals surface area contributed by atoms with Crippen LogP contribution in [0.2, 0.25) is 0 Å². The van der Waals surface area contributed by atoms with E-state index in [1.807, 2.05) is 17.9 Å². The highest BCUT2D eigenvalue weighted by Gasteiger charge is 2.28. The van der Waals surface area contributed by atoms with Gasteiger partial charge in [0.25, 0.3) is 0 Å². The maximum absolute atomic E-state index is 5.11. The van der Waals surface area contributed by atoms with Crippen LogP contribution >= 0.6 is 0 Å². The summed E-state index contributed by atoms with van der Waals surface area (Å²) in [6, 6.07) is 0. The predicted molar refractivity (Wildman–Crippen MR) is 36.6 cm³/mol. The molecule has 0 unspecified atom stereocenters. The second kappa shape index (κ2) is 1.83. The van der Waals surface area contributed by atoms with Crippen molar-refractivity contribution in [1.29, 1.82) is 0 Å². The number of epoxide rings is 1. The zero-order valence-electron chi connectivity index (χ0n) is 6.16. The molecule has 0 N–H and O–H groups in total. The van der Waals surface area contributed by atoms with Crippen LogP contribution in [0, 0.1) is 6.92 Å². The van der Waals surface area contributed by atoms with E-state index in [2.05, 4.69) is 12.0 Å². The van der Waals surface area contributed by atoms with Gasteiger partial charge in [0.15, 0.2) is 0 Å². The van der Waals surface area contributed by atoms with Crippen LogP contribution in [0.4, 0.5) is 0 Å². The minimum Gasteiger partial charge on any atom is -0.366 e. The molecule has 0 aliphatic carbocycles. The number of aryl methyl sites for hydroxylation is 2. The van der Waals surface area contributed by atoms with Crippen LogP contribution in [0.3, 0.4) is 0 Å². The molecule has 2 rings (SSSR count). The zero-order chi connectivity index (χ0) is 7.14. The van der Waals surface area contributed by atoms with Gasteiger partial charge >= 0.3 is 0 Å². The van der Waals surface area contributed by atoms with Crippen LogP contribution in [-0.4, -0.2) is 16.4 Å². The Hall–Kier alpha value is -0.830. The van der Waals surface area contributed by atoms with E-state index in [1.165, 1.54) is 5.56 Å². The lowest BCUT2D eigenvalue weighted by molar-refractivity contribution is 0.409. The minimum absolute atomic E-state index is 0.293. The highest BCUT2D eigenvalue weighted by molar-refractivity contribution is 5.19. The topological polar surface area (TPSA) is 30.4 Å². The van der Waals surface area contributed by atoms with Crippen molar-refractivity contribution in [3.63, 3.8) is 0 Å². The highest BCUT2D eigenvalue weighted by atomic mass is 16.6. The fraction of sp³-hybridized carbons (Fsp3) is 0.571. The Kier molecular flexibility index (Phi) is 1.08. The monoisotopic (exact) mass is 138 g/mol. The molecule has 1 saturated heterocycles. The second-order valence-electron chi connectivity index (χ2n) is 2.69. The molecule has 2 heterocycles. The summed E-state index contributed by atoms with van der Waals surface area (Å²) in [7, 11) is 1.93. The van der Waals surface area contributed by atoms with E-state index in [0.717, 1.165) is 12.3 Å². The fourth-order valence-electron chi connectivity index (χ4n) is 1.15. The van der Waals surface area contributed by atoms with E-state index in [1.54, 1.807) is 0 Å². The predicted octanol–water partition coefficient (Wildman–Crippen LogP) is 0.800. The molecule has 3 nitrogen and oxygen atoms in total. The molecule has 3 heteroatoms. The van der Waals surface area contributed by atoms with Crippen molar-refractivity contribution in [1.82, 2.24) is 9.78 Å². The molecule has 0 spiro atoms. The fourth-order valence-corrected chi connectivity index (χ4v) is 1.15. The molecule has 10 heavy (non-hydrogen) atoms. The van der Waals surface area contributed by atoms with Crippen molar-refractivity contribution < 1.29 is 4.74 Å². The smallest absolute Gasteiger partial charge is 0.125 e. The number of hydrogen-bond acceptors (Lipinski definition) is 2. The van der Waals surface area contributed by atoms with Crippen molar-refractivity contribution in [3.8, 4) is 0 Å². The summed E-state index contributed by atoms with van der Waals surface area (Å²) in [6.07, 6.45) is 2.30. The van der Waals surface area contributed by atoms with Gasteiger partial charge in [-0.1, -0.05) is 0 Å². The molecule has 1 aliphatic rings. The molecule has 1 fully saturated rings. The molecule has 1 aromatic rings. The maximum Gasteiger partial charge on any atom is 0.125 e. The van der Waals surface area contributed by atoms with Gasteiger partial charge in [0.1, 0.15) is 6.10 Å². The minimum atomic E-state index is 0.293. The Morgan fingerprint density at radius 1 is 1.80 bits per heavy atom. The molecule has 0 radical (unpaired) electrons. The van der Waals surface area contributed by atoms with Gasteiger partial charge in [-0.25, -0.2) is 0 Å². The number of aromatic nitrogens is 2. The summed E-state index contributed by atoms with van der Waals surface area (Å²) >= 11 is 0. The molecule has 0 bridgehead atoms. The Labute approximate surface area is 59.6 Å². The number of hydrogen-bond donors (Lipinski definition) is 0. The van der Waals surface area contributed by atoms with Crippen molar-refractivity contribution in [2.75, 3.05) is 6.61 Å². The van der Waals surface area contributed by atoms with Gasteiger partial charge in [0.2, 0.25) is 0 Å². The summed E-state index contributed by atoms with van der Waals surface area (Å²) in [5.41, 5.74) is 2.33. The SMILES string of the molecule is Cc1cn(C)nc1[C@H]1CO1. The van der Waals surface area contributed by atoms with E-state index < -0.39 is 0 Å². The second-order valence-corrected chi connectivity index (χ2v) is 2.69. The first kappa shape index (κ1) is 5.92. The van der Waals surface area contributed by atoms with Crippen molar-refractivity contribution in [2.24, 2.45) is 7.05 Å². The summed E-state index contributed by atoms with van der Waals surface area (Å²) in [4.78, 5) is 0. The van der Waals surface area contributed by atoms with Crippen LogP contribution in [-0.2, 0) is 11.8 Å². The van der Waals surface area contributed by atoms with Crippen LogP contribution in [0.25, 0.3) is 0 Å². The molecule has 54 valence electrons. The van der Waals surface area contributed by atoms with E-state index in [-0.39, 0.29) is 0 Å². The molecule has 1 aliphatic heterocycles. The number of ether oxygens (including phenoxy) is 1. The van der Waals surface area contributed by atoms with Crippen molar-refractivity contribution in [3.05, 3.63) is 17.5 Å². The van der Waals surface area contributed by atoms with Gasteiger partial charge in [-0.3, -0.25) is 4.68 Å². The van der Waals surface area contributed by atoms with Crippen LogP contribution in [0.1, 0.15) is 17.4 Å². The van der Waals surface area contributed by atoms with E-state index in [0.29, 0.717) is 6.10 Å². The van der Waals surface area contributed by atoms with Gasteiger partial charge in [0, 0.05) is 13.2 Å². The number of nitrogens with zero attached hydrogens (tertiary/aromatic N) is 2. The van der Waals surface area contributed by atoms with Crippen LogP contribution in [0.5, 0.6) is 0 Å². The summed E-state index contributed by atoms with van der Waals surface area (Å²) < 4.78 is 6.94. The summed E-state index contributed by atoms with van der Waals surface area (Å²) in [5.74, 6) is 0. The van der Waals surface area contributed by atoms with Crippen LogP contribution in [0.15, 0.2) is 6.20 Å². The molecule has 0 aromatic carbocycles. The van der Waals surface area contributed by atoms with Crippen LogP contribution < -0.4 is 0 Å². The number of rotatable bonds is 1. The third-order valence-electron chi connectivity index (χ3n) is 1.69. The molecule has 0 saturated carbocycles. The third kappa shape index (κ3) is 0.827. The standard InChI is InChI=1S/C7H10N2O/c1-5-3-9(2)8-7(5)6-4-10-6/h3,6H,4H2,1-2H3/t6-/m1/s1. The van der Waals surface area contributed by atoms with Gasteiger partial charge in [-0.15, -0.1) is 0 Å². The maximum atomic E-state index is 5.11. The lowest BCUT2D eigenvalue weighted by atomic mass is 10.2. The zero-order valence-corrected chi connectivity index (χ0v) is 6.16. The van der Waals surface area contributed by atoms with Crippen molar-refractivity contribution >= 4 is 0 Å². The average molecular weight is 138 g/mol. The Balaban J connectivity index is 2.38. The van der Waals surface area contributed by atoms with E-state index in [4.69, 9.17) is 4.74 Å². The van der Waals surface area contributed by atoms with E-state index >= 15 is 0 Å². The molecule has 1 aromatic heterocycles. The quantitative estimate of drug-likeness (QED) is 0.537.